The number of benzene rings is 3. The SMILES string of the molecule is COc1ccc(N(CC(=O)Nc2ccc(N3CCCC3)cc2)S(=O)(=O)c2ccccc2)cc1OC. The van der Waals surface area contributed by atoms with E-state index < -0.39 is 22.5 Å². The lowest BCUT2D eigenvalue weighted by atomic mass is 10.2. The van der Waals surface area contributed by atoms with Crippen LogP contribution in [0.1, 0.15) is 12.8 Å². The van der Waals surface area contributed by atoms with Gasteiger partial charge in [0.1, 0.15) is 6.54 Å². The second-order valence-electron chi connectivity index (χ2n) is 8.15. The van der Waals surface area contributed by atoms with Crippen molar-refractivity contribution in [1.82, 2.24) is 0 Å². The summed E-state index contributed by atoms with van der Waals surface area (Å²) in [5, 5.41) is 2.82. The van der Waals surface area contributed by atoms with Crippen molar-refractivity contribution in [3.05, 3.63) is 72.8 Å². The number of hydrogen-bond acceptors (Lipinski definition) is 6. The zero-order valence-corrected chi connectivity index (χ0v) is 20.6. The number of sulfonamides is 1. The fraction of sp³-hybridized carbons (Fsp3) is 0.269. The lowest BCUT2D eigenvalue weighted by Gasteiger charge is -2.25. The Hall–Kier alpha value is -3.72. The Kier molecular flexibility index (Phi) is 7.45. The number of ether oxygens (including phenoxy) is 2. The molecule has 1 saturated heterocycles. The van der Waals surface area contributed by atoms with Crippen LogP contribution in [-0.4, -0.2) is 48.2 Å². The summed E-state index contributed by atoms with van der Waals surface area (Å²) in [6, 6.07) is 20.3. The van der Waals surface area contributed by atoms with E-state index in [0.717, 1.165) is 23.1 Å². The van der Waals surface area contributed by atoms with Gasteiger partial charge in [-0.15, -0.1) is 0 Å². The third-order valence-corrected chi connectivity index (χ3v) is 7.68. The first-order valence-corrected chi connectivity index (χ1v) is 12.8. The van der Waals surface area contributed by atoms with E-state index in [1.54, 1.807) is 30.3 Å². The van der Waals surface area contributed by atoms with Crippen molar-refractivity contribution in [2.45, 2.75) is 17.7 Å². The number of amides is 1. The molecule has 0 spiro atoms. The molecule has 0 radical (unpaired) electrons. The van der Waals surface area contributed by atoms with Gasteiger partial charge in [-0.2, -0.15) is 0 Å². The maximum absolute atomic E-state index is 13.5. The highest BCUT2D eigenvalue weighted by molar-refractivity contribution is 7.92. The Balaban J connectivity index is 1.59. The first kappa shape index (κ1) is 24.4. The summed E-state index contributed by atoms with van der Waals surface area (Å²) in [5.41, 5.74) is 1.99. The van der Waals surface area contributed by atoms with E-state index in [0.29, 0.717) is 17.2 Å². The summed E-state index contributed by atoms with van der Waals surface area (Å²) < 4.78 is 38.8. The van der Waals surface area contributed by atoms with E-state index >= 15 is 0 Å². The van der Waals surface area contributed by atoms with Crippen LogP contribution in [0.25, 0.3) is 0 Å². The Morgan fingerprint density at radius 3 is 2.20 bits per heavy atom. The molecule has 184 valence electrons. The highest BCUT2D eigenvalue weighted by atomic mass is 32.2. The van der Waals surface area contributed by atoms with Crippen molar-refractivity contribution in [2.75, 3.05) is 48.4 Å². The third-order valence-electron chi connectivity index (χ3n) is 5.90. The van der Waals surface area contributed by atoms with Crippen molar-refractivity contribution in [3.8, 4) is 11.5 Å². The Morgan fingerprint density at radius 2 is 1.57 bits per heavy atom. The smallest absolute Gasteiger partial charge is 0.264 e. The summed E-state index contributed by atoms with van der Waals surface area (Å²) in [6.45, 7) is 1.65. The number of carbonyl (C=O) groups is 1. The minimum Gasteiger partial charge on any atom is -0.493 e. The number of nitrogens with one attached hydrogen (secondary N) is 1. The maximum Gasteiger partial charge on any atom is 0.264 e. The Bertz CT molecular complexity index is 1260. The van der Waals surface area contributed by atoms with Gasteiger partial charge in [0.2, 0.25) is 5.91 Å². The van der Waals surface area contributed by atoms with Gasteiger partial charge in [0, 0.05) is 30.5 Å². The van der Waals surface area contributed by atoms with Crippen molar-refractivity contribution in [2.24, 2.45) is 0 Å². The van der Waals surface area contributed by atoms with Gasteiger partial charge >= 0.3 is 0 Å². The second-order valence-corrected chi connectivity index (χ2v) is 10.0. The molecule has 0 saturated carbocycles. The van der Waals surface area contributed by atoms with Gasteiger partial charge in [-0.1, -0.05) is 18.2 Å². The summed E-state index contributed by atoms with van der Waals surface area (Å²) in [4.78, 5) is 15.4. The van der Waals surface area contributed by atoms with E-state index in [9.17, 15) is 13.2 Å². The molecule has 1 heterocycles. The molecule has 0 atom stereocenters. The molecule has 35 heavy (non-hydrogen) atoms. The topological polar surface area (TPSA) is 88.2 Å². The number of rotatable bonds is 9. The molecule has 3 aromatic rings. The van der Waals surface area contributed by atoms with Crippen LogP contribution in [-0.2, 0) is 14.8 Å². The van der Waals surface area contributed by atoms with Crippen LogP contribution in [0.2, 0.25) is 0 Å². The van der Waals surface area contributed by atoms with E-state index in [1.807, 2.05) is 24.3 Å². The van der Waals surface area contributed by atoms with Crippen molar-refractivity contribution in [3.63, 3.8) is 0 Å². The molecule has 8 nitrogen and oxygen atoms in total. The van der Waals surface area contributed by atoms with Crippen molar-refractivity contribution < 1.29 is 22.7 Å². The van der Waals surface area contributed by atoms with Crippen LogP contribution in [0.5, 0.6) is 11.5 Å². The monoisotopic (exact) mass is 495 g/mol. The van der Waals surface area contributed by atoms with Gasteiger partial charge in [0.15, 0.2) is 11.5 Å². The number of methoxy groups -OCH3 is 2. The van der Waals surface area contributed by atoms with Crippen LogP contribution >= 0.6 is 0 Å². The quantitative estimate of drug-likeness (QED) is 0.480. The minimum absolute atomic E-state index is 0.0811. The van der Waals surface area contributed by atoms with Gasteiger partial charge in [0.05, 0.1) is 24.8 Å². The van der Waals surface area contributed by atoms with Crippen LogP contribution in [0.15, 0.2) is 77.7 Å². The standard InChI is InChI=1S/C26H29N3O5S/c1-33-24-15-14-22(18-25(24)34-2)29(35(31,32)23-8-4-3-5-9-23)19-26(30)27-20-10-12-21(13-11-20)28-16-6-7-17-28/h3-5,8-15,18H,6-7,16-17,19H2,1-2H3,(H,27,30). The fourth-order valence-corrected chi connectivity index (χ4v) is 5.51. The molecule has 1 fully saturated rings. The molecule has 3 aromatic carbocycles. The molecule has 1 amide bonds. The van der Waals surface area contributed by atoms with E-state index in [-0.39, 0.29) is 10.6 Å². The third kappa shape index (κ3) is 5.51. The summed E-state index contributed by atoms with van der Waals surface area (Å²) >= 11 is 0. The average Bonchev–Trinajstić information content (AvgIpc) is 3.43. The molecular weight excluding hydrogens is 466 g/mol. The lowest BCUT2D eigenvalue weighted by molar-refractivity contribution is -0.114. The average molecular weight is 496 g/mol. The number of anilines is 3. The maximum atomic E-state index is 13.5. The number of carbonyl (C=O) groups excluding carboxylic acids is 1. The largest absolute Gasteiger partial charge is 0.493 e. The van der Waals surface area contributed by atoms with Gasteiger partial charge in [-0.3, -0.25) is 9.10 Å². The Morgan fingerprint density at radius 1 is 0.914 bits per heavy atom. The predicted octanol–water partition coefficient (Wildman–Crippen LogP) is 4.14. The molecule has 4 rings (SSSR count). The van der Waals surface area contributed by atoms with Crippen LogP contribution in [0, 0.1) is 0 Å². The van der Waals surface area contributed by atoms with Crippen LogP contribution in [0.4, 0.5) is 17.1 Å². The molecule has 1 N–H and O–H groups in total. The van der Waals surface area contributed by atoms with Gasteiger partial charge in [0.25, 0.3) is 10.0 Å². The van der Waals surface area contributed by atoms with Crippen molar-refractivity contribution in [1.29, 1.82) is 0 Å². The molecule has 0 unspecified atom stereocenters. The minimum atomic E-state index is -4.03. The molecule has 0 bridgehead atoms. The van der Waals surface area contributed by atoms with Crippen molar-refractivity contribution >= 4 is 33.0 Å². The summed E-state index contributed by atoms with van der Waals surface area (Å²) in [6.07, 6.45) is 2.36. The highest BCUT2D eigenvalue weighted by Gasteiger charge is 2.28. The fourth-order valence-electron chi connectivity index (χ4n) is 4.08. The summed E-state index contributed by atoms with van der Waals surface area (Å²) in [5.74, 6) is 0.347. The molecule has 1 aliphatic heterocycles. The van der Waals surface area contributed by atoms with E-state index in [1.165, 1.54) is 45.3 Å². The highest BCUT2D eigenvalue weighted by Crippen LogP contribution is 2.34. The number of nitrogens with zero attached hydrogens (tertiary/aromatic N) is 2. The first-order valence-electron chi connectivity index (χ1n) is 11.4. The van der Waals surface area contributed by atoms with Gasteiger partial charge in [-0.05, 0) is 61.4 Å². The van der Waals surface area contributed by atoms with Crippen LogP contribution < -0.4 is 24.0 Å². The predicted molar refractivity (Wildman–Crippen MR) is 137 cm³/mol. The van der Waals surface area contributed by atoms with Crippen LogP contribution in [0.3, 0.4) is 0 Å². The Labute approximate surface area is 206 Å². The lowest BCUT2D eigenvalue weighted by Crippen LogP contribution is -2.38. The number of hydrogen-bond donors (Lipinski definition) is 1. The van der Waals surface area contributed by atoms with E-state index in [4.69, 9.17) is 9.47 Å². The van der Waals surface area contributed by atoms with Gasteiger partial charge < -0.3 is 19.7 Å². The normalized spacial score (nSPS) is 13.4. The molecule has 1 aliphatic rings. The molecular formula is C26H29N3O5S. The second kappa shape index (κ2) is 10.7. The summed E-state index contributed by atoms with van der Waals surface area (Å²) in [7, 11) is -1.07. The first-order chi connectivity index (χ1) is 16.9. The zero-order valence-electron chi connectivity index (χ0n) is 19.8. The molecule has 9 heteroatoms. The van der Waals surface area contributed by atoms with Gasteiger partial charge in [-0.25, -0.2) is 8.42 Å². The van der Waals surface area contributed by atoms with E-state index in [2.05, 4.69) is 10.2 Å². The molecule has 0 aliphatic carbocycles. The molecule has 0 aromatic heterocycles. The zero-order chi connectivity index (χ0) is 24.8.